The van der Waals surface area contributed by atoms with E-state index in [1.165, 1.54) is 10.8 Å². The van der Waals surface area contributed by atoms with Gasteiger partial charge in [-0.05, 0) is 12.1 Å². The first-order valence-electron chi connectivity index (χ1n) is 3.67. The molecular formula is C8H6ClN3O. The van der Waals surface area contributed by atoms with Gasteiger partial charge >= 0.3 is 5.69 Å². The number of nitrogens with zero attached hydrogens (tertiary/aromatic N) is 3. The summed E-state index contributed by atoms with van der Waals surface area (Å²) >= 11 is 5.68. The van der Waals surface area contributed by atoms with Gasteiger partial charge in [0.1, 0.15) is 10.7 Å². The molecule has 5 heteroatoms. The highest BCUT2D eigenvalue weighted by Crippen LogP contribution is 2.11. The maximum atomic E-state index is 11.1. The van der Waals surface area contributed by atoms with Crippen molar-refractivity contribution in [2.75, 3.05) is 0 Å². The number of hydrogen-bond acceptors (Lipinski definition) is 3. The molecule has 0 aliphatic carbocycles. The zero-order chi connectivity index (χ0) is 9.42. The lowest BCUT2D eigenvalue weighted by molar-refractivity contribution is 0.849. The fourth-order valence-electron chi connectivity index (χ4n) is 1.13. The highest BCUT2D eigenvalue weighted by atomic mass is 35.5. The van der Waals surface area contributed by atoms with E-state index in [4.69, 9.17) is 11.6 Å². The Morgan fingerprint density at radius 3 is 3.00 bits per heavy atom. The van der Waals surface area contributed by atoms with E-state index in [1.807, 2.05) is 0 Å². The van der Waals surface area contributed by atoms with Gasteiger partial charge in [-0.3, -0.25) is 4.57 Å². The zero-order valence-electron chi connectivity index (χ0n) is 6.86. The zero-order valence-corrected chi connectivity index (χ0v) is 7.62. The minimum Gasteiger partial charge on any atom is -0.293 e. The van der Waals surface area contributed by atoms with E-state index in [0.717, 1.165) is 5.52 Å². The van der Waals surface area contributed by atoms with Crippen molar-refractivity contribution in [3.8, 4) is 0 Å². The van der Waals surface area contributed by atoms with Gasteiger partial charge in [-0.2, -0.15) is 4.98 Å². The fraction of sp³-hybridized carbons (Fsp3) is 0.125. The molecule has 4 nitrogen and oxygen atoms in total. The first kappa shape index (κ1) is 8.19. The second kappa shape index (κ2) is 2.81. The second-order valence-electron chi connectivity index (χ2n) is 2.64. The number of halogens is 1. The summed E-state index contributed by atoms with van der Waals surface area (Å²) in [4.78, 5) is 18.8. The predicted octanol–water partition coefficient (Wildman–Crippen LogP) is 0.982. The van der Waals surface area contributed by atoms with Crippen molar-refractivity contribution in [1.82, 2.24) is 14.5 Å². The van der Waals surface area contributed by atoms with Crippen LogP contribution in [0.4, 0.5) is 0 Å². The third kappa shape index (κ3) is 1.29. The normalized spacial score (nSPS) is 10.6. The highest BCUT2D eigenvalue weighted by molar-refractivity contribution is 6.29. The standard InChI is InChI=1S/C8H6ClN3O/c1-12-6-2-3-7(9)11-5(6)4-10-8(12)13/h2-4H,1H3. The summed E-state index contributed by atoms with van der Waals surface area (Å²) < 4.78 is 1.43. The number of aromatic nitrogens is 3. The van der Waals surface area contributed by atoms with Crippen molar-refractivity contribution in [3.05, 3.63) is 34.0 Å². The summed E-state index contributed by atoms with van der Waals surface area (Å²) in [6.07, 6.45) is 1.42. The molecule has 2 aromatic rings. The Morgan fingerprint density at radius 1 is 1.46 bits per heavy atom. The molecule has 2 heterocycles. The minimum absolute atomic E-state index is 0.295. The maximum Gasteiger partial charge on any atom is 0.347 e. The molecule has 66 valence electrons. The Labute approximate surface area is 78.8 Å². The number of aryl methyl sites for hydroxylation is 1. The topological polar surface area (TPSA) is 47.8 Å². The van der Waals surface area contributed by atoms with Crippen molar-refractivity contribution < 1.29 is 0 Å². The molecule has 0 aliphatic rings. The molecule has 0 saturated heterocycles. The van der Waals surface area contributed by atoms with E-state index < -0.39 is 0 Å². The van der Waals surface area contributed by atoms with Gasteiger partial charge in [0.05, 0.1) is 11.7 Å². The molecule has 0 radical (unpaired) electrons. The summed E-state index contributed by atoms with van der Waals surface area (Å²) in [5.74, 6) is 0. The molecule has 0 aromatic carbocycles. The van der Waals surface area contributed by atoms with Crippen LogP contribution < -0.4 is 5.69 Å². The van der Waals surface area contributed by atoms with E-state index in [1.54, 1.807) is 19.2 Å². The van der Waals surface area contributed by atoms with Crippen molar-refractivity contribution in [1.29, 1.82) is 0 Å². The van der Waals surface area contributed by atoms with Gasteiger partial charge < -0.3 is 0 Å². The average molecular weight is 196 g/mol. The molecule has 0 aliphatic heterocycles. The van der Waals surface area contributed by atoms with Crippen LogP contribution in [-0.4, -0.2) is 14.5 Å². The molecule has 0 atom stereocenters. The Balaban J connectivity index is 2.95. The Kier molecular flexibility index (Phi) is 1.77. The molecule has 0 spiro atoms. The second-order valence-corrected chi connectivity index (χ2v) is 3.03. The summed E-state index contributed by atoms with van der Waals surface area (Å²) in [6, 6.07) is 3.39. The molecular weight excluding hydrogens is 190 g/mol. The predicted molar refractivity (Wildman–Crippen MR) is 49.8 cm³/mol. The lowest BCUT2D eigenvalue weighted by Gasteiger charge is -2.01. The van der Waals surface area contributed by atoms with Crippen LogP contribution in [0.3, 0.4) is 0 Å². The van der Waals surface area contributed by atoms with Crippen LogP contribution in [0.5, 0.6) is 0 Å². The SMILES string of the molecule is Cn1c(=O)ncc2nc(Cl)ccc21. The molecule has 0 fully saturated rings. The van der Waals surface area contributed by atoms with Gasteiger partial charge in [-0.1, -0.05) is 11.6 Å². The van der Waals surface area contributed by atoms with Gasteiger partial charge in [0.15, 0.2) is 0 Å². The maximum absolute atomic E-state index is 11.1. The molecule has 2 aromatic heterocycles. The van der Waals surface area contributed by atoms with Crippen LogP contribution in [0.25, 0.3) is 11.0 Å². The van der Waals surface area contributed by atoms with E-state index in [2.05, 4.69) is 9.97 Å². The summed E-state index contributed by atoms with van der Waals surface area (Å²) in [5.41, 5.74) is 1.05. The van der Waals surface area contributed by atoms with Crippen LogP contribution in [0, 0.1) is 0 Å². The molecule has 0 unspecified atom stereocenters. The van der Waals surface area contributed by atoms with Crippen molar-refractivity contribution in [2.45, 2.75) is 0 Å². The van der Waals surface area contributed by atoms with E-state index in [-0.39, 0.29) is 5.69 Å². The van der Waals surface area contributed by atoms with Crippen LogP contribution >= 0.6 is 11.6 Å². The van der Waals surface area contributed by atoms with Crippen LogP contribution in [0.15, 0.2) is 23.1 Å². The molecule has 0 bridgehead atoms. The number of rotatable bonds is 0. The van der Waals surface area contributed by atoms with Gasteiger partial charge in [0, 0.05) is 7.05 Å². The summed E-state index contributed by atoms with van der Waals surface area (Å²) in [5, 5.41) is 0.396. The van der Waals surface area contributed by atoms with E-state index >= 15 is 0 Å². The van der Waals surface area contributed by atoms with Crippen LogP contribution in [0.1, 0.15) is 0 Å². The average Bonchev–Trinajstić information content (AvgIpc) is 2.12. The monoisotopic (exact) mass is 195 g/mol. The number of hydrogen-bond donors (Lipinski definition) is 0. The first-order chi connectivity index (χ1) is 6.18. The third-order valence-electron chi connectivity index (χ3n) is 1.81. The van der Waals surface area contributed by atoms with Gasteiger partial charge in [0.2, 0.25) is 0 Å². The highest BCUT2D eigenvalue weighted by Gasteiger charge is 2.00. The molecule has 0 saturated carbocycles. The summed E-state index contributed by atoms with van der Waals surface area (Å²) in [6.45, 7) is 0. The van der Waals surface area contributed by atoms with Gasteiger partial charge in [0.25, 0.3) is 0 Å². The number of fused-ring (bicyclic) bond motifs is 1. The van der Waals surface area contributed by atoms with Crippen LogP contribution in [-0.2, 0) is 7.05 Å². The fourth-order valence-corrected chi connectivity index (χ4v) is 1.28. The lowest BCUT2D eigenvalue weighted by Crippen LogP contribution is -2.19. The molecule has 0 amide bonds. The Morgan fingerprint density at radius 2 is 2.23 bits per heavy atom. The summed E-state index contributed by atoms with van der Waals surface area (Å²) in [7, 11) is 1.65. The smallest absolute Gasteiger partial charge is 0.293 e. The van der Waals surface area contributed by atoms with Crippen LogP contribution in [0.2, 0.25) is 5.15 Å². The van der Waals surface area contributed by atoms with E-state index in [9.17, 15) is 4.79 Å². The molecule has 2 rings (SSSR count). The first-order valence-corrected chi connectivity index (χ1v) is 4.04. The quantitative estimate of drug-likeness (QED) is 0.589. The van der Waals surface area contributed by atoms with Crippen molar-refractivity contribution >= 4 is 22.6 Å². The Hall–Kier alpha value is -1.42. The largest absolute Gasteiger partial charge is 0.347 e. The van der Waals surface area contributed by atoms with Crippen molar-refractivity contribution in [2.24, 2.45) is 7.05 Å². The van der Waals surface area contributed by atoms with Gasteiger partial charge in [-0.15, -0.1) is 0 Å². The minimum atomic E-state index is -0.295. The number of pyridine rings is 1. The Bertz CT molecular complexity index is 520. The van der Waals surface area contributed by atoms with Gasteiger partial charge in [-0.25, -0.2) is 9.78 Å². The third-order valence-corrected chi connectivity index (χ3v) is 2.02. The molecule has 0 N–H and O–H groups in total. The van der Waals surface area contributed by atoms with E-state index in [0.29, 0.717) is 10.7 Å². The lowest BCUT2D eigenvalue weighted by atomic mass is 10.3. The molecule has 13 heavy (non-hydrogen) atoms. The van der Waals surface area contributed by atoms with Crippen molar-refractivity contribution in [3.63, 3.8) is 0 Å².